The van der Waals surface area contributed by atoms with Crippen LogP contribution in [-0.2, 0) is 10.2 Å². The number of aromatic nitrogens is 2. The fraction of sp³-hybridized carbons (Fsp3) is 0.333. The van der Waals surface area contributed by atoms with Gasteiger partial charge >= 0.3 is 0 Å². The molecule has 6 saturated carbocycles. The summed E-state index contributed by atoms with van der Waals surface area (Å²) in [6.07, 6.45) is 1.72. The van der Waals surface area contributed by atoms with E-state index in [9.17, 15) is 4.79 Å². The van der Waals surface area contributed by atoms with Crippen LogP contribution in [0.1, 0.15) is 11.1 Å². The molecule has 1 N–H and O–H groups in total. The summed E-state index contributed by atoms with van der Waals surface area (Å²) in [5.41, 5.74) is 3.01. The average Bonchev–Trinajstić information content (AvgIpc) is 2.78. The summed E-state index contributed by atoms with van der Waals surface area (Å²) < 4.78 is 0. The number of pyridine rings is 2. The lowest BCUT2D eigenvalue weighted by Gasteiger charge is -3.10. The van der Waals surface area contributed by atoms with Gasteiger partial charge in [-0.2, -0.15) is 5.26 Å². The van der Waals surface area contributed by atoms with Gasteiger partial charge in [-0.05, 0) is 77.5 Å². The lowest BCUT2D eigenvalue weighted by Crippen LogP contribution is -3.12. The summed E-state index contributed by atoms with van der Waals surface area (Å²) in [4.78, 5) is 22.1. The SMILES string of the molecule is N#Cc1ccc(C23C4C5C2C2C3C4C52C(=O)Nc2ccc3cccnc3n2)cc1. The Balaban J connectivity index is 1.07. The van der Waals surface area contributed by atoms with Gasteiger partial charge in [0, 0.05) is 17.0 Å². The molecule has 138 valence electrons. The normalized spacial score (nSPS) is 42.9. The van der Waals surface area contributed by atoms with E-state index in [2.05, 4.69) is 33.5 Å². The van der Waals surface area contributed by atoms with Crippen molar-refractivity contribution in [3.8, 4) is 6.07 Å². The number of amides is 1. The van der Waals surface area contributed by atoms with E-state index < -0.39 is 0 Å². The molecule has 0 radical (unpaired) electrons. The zero-order chi connectivity index (χ0) is 19.1. The molecule has 2 heterocycles. The van der Waals surface area contributed by atoms with Gasteiger partial charge in [0.05, 0.1) is 17.0 Å². The minimum absolute atomic E-state index is 0.116. The van der Waals surface area contributed by atoms with Crippen LogP contribution in [0.4, 0.5) is 5.82 Å². The fourth-order valence-corrected chi connectivity index (χ4v) is 8.64. The highest BCUT2D eigenvalue weighted by atomic mass is 16.2. The Labute approximate surface area is 166 Å². The van der Waals surface area contributed by atoms with Crippen LogP contribution in [0.15, 0.2) is 54.7 Å². The second-order valence-corrected chi connectivity index (χ2v) is 9.41. The van der Waals surface area contributed by atoms with Gasteiger partial charge in [0.25, 0.3) is 0 Å². The van der Waals surface area contributed by atoms with Crippen molar-refractivity contribution >= 4 is 22.8 Å². The number of nitriles is 1. The maximum Gasteiger partial charge on any atom is 0.232 e. The molecule has 0 saturated heterocycles. The molecule has 1 aromatic carbocycles. The molecule has 5 heteroatoms. The van der Waals surface area contributed by atoms with E-state index in [4.69, 9.17) is 5.26 Å². The summed E-state index contributed by atoms with van der Waals surface area (Å²) >= 11 is 0. The Morgan fingerprint density at radius 2 is 1.69 bits per heavy atom. The summed E-state index contributed by atoms with van der Waals surface area (Å²) in [7, 11) is 0. The second-order valence-electron chi connectivity index (χ2n) is 9.41. The zero-order valence-electron chi connectivity index (χ0n) is 15.4. The van der Waals surface area contributed by atoms with Crippen LogP contribution >= 0.6 is 0 Å². The average molecular weight is 376 g/mol. The van der Waals surface area contributed by atoms with E-state index >= 15 is 0 Å². The molecular formula is C24H16N4O. The Bertz CT molecular complexity index is 1270. The van der Waals surface area contributed by atoms with Crippen molar-refractivity contribution in [1.29, 1.82) is 5.26 Å². The predicted molar refractivity (Wildman–Crippen MR) is 104 cm³/mol. The third-order valence-electron chi connectivity index (χ3n) is 9.24. The van der Waals surface area contributed by atoms with E-state index in [1.54, 1.807) is 6.20 Å². The molecular weight excluding hydrogens is 360 g/mol. The molecule has 6 fully saturated rings. The highest BCUT2D eigenvalue weighted by Crippen LogP contribution is 3.09. The maximum atomic E-state index is 13.2. The lowest BCUT2D eigenvalue weighted by molar-refractivity contribution is -0.610. The highest BCUT2D eigenvalue weighted by Gasteiger charge is 3.11. The van der Waals surface area contributed by atoms with E-state index in [0.717, 1.165) is 10.9 Å². The standard InChI is InChI=1S/C24H16N4O/c25-10-11-3-6-13(7-4-11)23-15-18-16(23)20-17(23)19(15)24(18,20)22(29)28-14-8-5-12-2-1-9-26-21(12)27-14/h1-9,15-20H,(H,26,27,28,29). The molecule has 0 aliphatic heterocycles. The number of benzene rings is 1. The highest BCUT2D eigenvalue weighted by molar-refractivity contribution is 6.02. The molecule has 1 amide bonds. The number of fused-ring (bicyclic) bond motifs is 1. The van der Waals surface area contributed by atoms with Gasteiger partial charge in [-0.15, -0.1) is 0 Å². The van der Waals surface area contributed by atoms with Gasteiger partial charge in [0.2, 0.25) is 5.91 Å². The Hall–Kier alpha value is -3.26. The summed E-state index contributed by atoms with van der Waals surface area (Å²) in [5, 5.41) is 13.1. The molecule has 0 spiro atoms. The van der Waals surface area contributed by atoms with E-state index in [-0.39, 0.29) is 11.3 Å². The Kier molecular flexibility index (Phi) is 2.12. The number of nitrogens with zero attached hydrogens (tertiary/aromatic N) is 3. The van der Waals surface area contributed by atoms with Gasteiger partial charge in [0.1, 0.15) is 5.82 Å². The third kappa shape index (κ3) is 1.17. The van der Waals surface area contributed by atoms with Crippen molar-refractivity contribution in [2.45, 2.75) is 5.41 Å². The van der Waals surface area contributed by atoms with Gasteiger partial charge in [-0.25, -0.2) is 9.97 Å². The van der Waals surface area contributed by atoms with E-state index in [1.807, 2.05) is 36.4 Å². The van der Waals surface area contributed by atoms with Crippen molar-refractivity contribution in [3.05, 3.63) is 65.9 Å². The van der Waals surface area contributed by atoms with E-state index in [0.29, 0.717) is 52.4 Å². The molecule has 0 unspecified atom stereocenters. The number of rotatable bonds is 3. The van der Waals surface area contributed by atoms with Gasteiger partial charge in [-0.1, -0.05) is 12.1 Å². The molecule has 0 atom stereocenters. The minimum Gasteiger partial charge on any atom is -0.310 e. The minimum atomic E-state index is -0.116. The number of nitrogens with one attached hydrogen (secondary N) is 1. The third-order valence-corrected chi connectivity index (χ3v) is 9.24. The number of hydrogen-bond acceptors (Lipinski definition) is 4. The van der Waals surface area contributed by atoms with Crippen LogP contribution in [0.25, 0.3) is 11.0 Å². The van der Waals surface area contributed by atoms with Gasteiger partial charge < -0.3 is 5.32 Å². The Morgan fingerprint density at radius 1 is 0.966 bits per heavy atom. The molecule has 6 aliphatic carbocycles. The quantitative estimate of drug-likeness (QED) is 0.762. The van der Waals surface area contributed by atoms with Crippen LogP contribution in [0, 0.1) is 52.3 Å². The first kappa shape index (κ1) is 14.7. The van der Waals surface area contributed by atoms with Crippen LogP contribution in [0.3, 0.4) is 0 Å². The van der Waals surface area contributed by atoms with Crippen molar-refractivity contribution in [3.63, 3.8) is 0 Å². The smallest absolute Gasteiger partial charge is 0.232 e. The van der Waals surface area contributed by atoms with Crippen LogP contribution in [0.2, 0.25) is 0 Å². The molecule has 3 aromatic rings. The molecule has 2 aromatic heterocycles. The molecule has 6 aliphatic rings. The van der Waals surface area contributed by atoms with Gasteiger partial charge in [0.15, 0.2) is 5.65 Å². The molecule has 29 heavy (non-hydrogen) atoms. The number of carbonyl (C=O) groups is 1. The van der Waals surface area contributed by atoms with E-state index in [1.165, 1.54) is 5.56 Å². The molecule has 0 bridgehead atoms. The van der Waals surface area contributed by atoms with Crippen LogP contribution in [0.5, 0.6) is 0 Å². The van der Waals surface area contributed by atoms with Crippen LogP contribution in [-0.4, -0.2) is 15.9 Å². The summed E-state index contributed by atoms with van der Waals surface area (Å²) in [5.74, 6) is 4.46. The first-order chi connectivity index (χ1) is 14.2. The monoisotopic (exact) mass is 376 g/mol. The number of carbonyl (C=O) groups excluding carboxylic acids is 1. The lowest BCUT2D eigenvalue weighted by atomic mass is 8.91. The first-order valence-electron chi connectivity index (χ1n) is 10.3. The first-order valence-corrected chi connectivity index (χ1v) is 10.3. The van der Waals surface area contributed by atoms with Crippen molar-refractivity contribution in [1.82, 2.24) is 9.97 Å². The predicted octanol–water partition coefficient (Wildman–Crippen LogP) is 3.13. The summed E-state index contributed by atoms with van der Waals surface area (Å²) in [6, 6.07) is 18.1. The molecule has 5 nitrogen and oxygen atoms in total. The number of anilines is 1. The zero-order valence-corrected chi connectivity index (χ0v) is 15.4. The number of hydrogen-bond donors (Lipinski definition) is 1. The van der Waals surface area contributed by atoms with Crippen molar-refractivity contribution < 1.29 is 4.79 Å². The van der Waals surface area contributed by atoms with Crippen molar-refractivity contribution in [2.75, 3.05) is 5.32 Å². The second kappa shape index (κ2) is 4.18. The molecule has 9 rings (SSSR count). The van der Waals surface area contributed by atoms with Crippen LogP contribution < -0.4 is 5.32 Å². The topological polar surface area (TPSA) is 78.7 Å². The Morgan fingerprint density at radius 3 is 2.38 bits per heavy atom. The van der Waals surface area contributed by atoms with Gasteiger partial charge in [-0.3, -0.25) is 4.79 Å². The summed E-state index contributed by atoms with van der Waals surface area (Å²) in [6.45, 7) is 0. The fourth-order valence-electron chi connectivity index (χ4n) is 8.64. The van der Waals surface area contributed by atoms with Crippen molar-refractivity contribution in [2.24, 2.45) is 40.9 Å². The maximum absolute atomic E-state index is 13.2. The largest absolute Gasteiger partial charge is 0.310 e.